The summed E-state index contributed by atoms with van der Waals surface area (Å²) in [5.41, 5.74) is 1.15. The molecule has 0 saturated heterocycles. The first kappa shape index (κ1) is 16.5. The van der Waals surface area contributed by atoms with Crippen LogP contribution in [0.25, 0.3) is 0 Å². The van der Waals surface area contributed by atoms with E-state index in [2.05, 4.69) is 9.44 Å². The van der Waals surface area contributed by atoms with Crippen LogP contribution in [0.1, 0.15) is 11.1 Å². The number of rotatable bonds is 5. The van der Waals surface area contributed by atoms with Crippen molar-refractivity contribution in [2.24, 2.45) is 5.16 Å². The number of benzene rings is 2. The van der Waals surface area contributed by atoms with Crippen LogP contribution in [0, 0.1) is 18.3 Å². The van der Waals surface area contributed by atoms with E-state index in [0.717, 1.165) is 5.56 Å². The van der Waals surface area contributed by atoms with E-state index in [1.165, 1.54) is 19.2 Å². The molecule has 0 fully saturated rings. The molecule has 0 amide bonds. The minimum atomic E-state index is -4.08. The third kappa shape index (κ3) is 4.08. The zero-order valence-electron chi connectivity index (χ0n) is 12.6. The van der Waals surface area contributed by atoms with Crippen LogP contribution >= 0.6 is 0 Å². The van der Waals surface area contributed by atoms with Gasteiger partial charge in [-0.15, -0.1) is 0 Å². The summed E-state index contributed by atoms with van der Waals surface area (Å²) in [6.45, 7) is 1.84. The first-order valence-electron chi connectivity index (χ1n) is 6.59. The predicted molar refractivity (Wildman–Crippen MR) is 84.6 cm³/mol. The van der Waals surface area contributed by atoms with Crippen LogP contribution in [0.5, 0.6) is 5.75 Å². The minimum absolute atomic E-state index is 0.0326. The molecule has 0 aliphatic carbocycles. The zero-order valence-corrected chi connectivity index (χ0v) is 13.4. The van der Waals surface area contributed by atoms with E-state index in [1.807, 2.05) is 13.0 Å². The number of hydrogen-bond acceptors (Lipinski definition) is 6. The second-order valence-corrected chi connectivity index (χ2v) is 6.15. The zero-order chi connectivity index (χ0) is 16.9. The minimum Gasteiger partial charge on any atom is -0.497 e. The molecule has 2 aromatic carbocycles. The van der Waals surface area contributed by atoms with Crippen molar-refractivity contribution in [2.75, 3.05) is 7.11 Å². The van der Waals surface area contributed by atoms with Gasteiger partial charge in [0.1, 0.15) is 16.7 Å². The van der Waals surface area contributed by atoms with E-state index in [0.29, 0.717) is 11.3 Å². The molecular weight excluding hydrogens is 316 g/mol. The molecule has 0 unspecified atom stereocenters. The summed E-state index contributed by atoms with van der Waals surface area (Å²) in [7, 11) is -2.59. The smallest absolute Gasteiger partial charge is 0.358 e. The van der Waals surface area contributed by atoms with Gasteiger partial charge >= 0.3 is 10.1 Å². The van der Waals surface area contributed by atoms with Crippen molar-refractivity contribution in [2.45, 2.75) is 11.8 Å². The van der Waals surface area contributed by atoms with Gasteiger partial charge in [-0.1, -0.05) is 35.0 Å². The van der Waals surface area contributed by atoms with Gasteiger partial charge in [0, 0.05) is 5.56 Å². The molecule has 0 saturated carbocycles. The van der Waals surface area contributed by atoms with Crippen LogP contribution in [0.3, 0.4) is 0 Å². The van der Waals surface area contributed by atoms with E-state index in [9.17, 15) is 8.42 Å². The van der Waals surface area contributed by atoms with Crippen molar-refractivity contribution in [3.05, 3.63) is 59.7 Å². The lowest BCUT2D eigenvalue weighted by Crippen LogP contribution is -2.06. The first-order chi connectivity index (χ1) is 11.0. The number of hydrogen-bond donors (Lipinski definition) is 0. The van der Waals surface area contributed by atoms with E-state index in [-0.39, 0.29) is 10.6 Å². The number of ether oxygens (including phenoxy) is 1. The Morgan fingerprint density at radius 3 is 2.48 bits per heavy atom. The summed E-state index contributed by atoms with van der Waals surface area (Å²) in [6.07, 6.45) is 0. The number of aryl methyl sites for hydroxylation is 1. The monoisotopic (exact) mass is 330 g/mol. The summed E-state index contributed by atoms with van der Waals surface area (Å²) in [5.74, 6) is 0.520. The molecule has 0 aliphatic rings. The molecular formula is C16H14N2O4S. The Labute approximate surface area is 134 Å². The van der Waals surface area contributed by atoms with E-state index >= 15 is 0 Å². The summed E-state index contributed by atoms with van der Waals surface area (Å²) >= 11 is 0. The Balaban J connectivity index is 2.28. The molecule has 0 N–H and O–H groups in total. The van der Waals surface area contributed by atoms with Gasteiger partial charge in [-0.3, -0.25) is 4.28 Å². The third-order valence-electron chi connectivity index (χ3n) is 2.99. The van der Waals surface area contributed by atoms with Gasteiger partial charge in [0.25, 0.3) is 0 Å². The molecule has 0 spiro atoms. The van der Waals surface area contributed by atoms with Crippen LogP contribution in [-0.2, 0) is 14.4 Å². The second kappa shape index (κ2) is 6.94. The molecule has 0 aromatic heterocycles. The highest BCUT2D eigenvalue weighted by Crippen LogP contribution is 2.16. The molecule has 0 radical (unpaired) electrons. The Kier molecular flexibility index (Phi) is 4.98. The molecule has 7 heteroatoms. The van der Waals surface area contributed by atoms with E-state index < -0.39 is 10.1 Å². The number of oxime groups is 1. The third-order valence-corrected chi connectivity index (χ3v) is 4.11. The molecule has 2 rings (SSSR count). The van der Waals surface area contributed by atoms with Crippen LogP contribution in [-0.4, -0.2) is 21.2 Å². The van der Waals surface area contributed by atoms with Crippen molar-refractivity contribution in [3.8, 4) is 11.8 Å². The van der Waals surface area contributed by atoms with Gasteiger partial charge in [0.15, 0.2) is 5.71 Å². The summed E-state index contributed by atoms with van der Waals surface area (Å²) in [5, 5.41) is 12.6. The van der Waals surface area contributed by atoms with Crippen LogP contribution in [0.15, 0.2) is 58.6 Å². The lowest BCUT2D eigenvalue weighted by Gasteiger charge is -2.04. The maximum absolute atomic E-state index is 12.1. The van der Waals surface area contributed by atoms with Gasteiger partial charge in [-0.05, 0) is 31.2 Å². The van der Waals surface area contributed by atoms with Gasteiger partial charge < -0.3 is 4.74 Å². The molecule has 0 atom stereocenters. The van der Waals surface area contributed by atoms with Crippen molar-refractivity contribution >= 4 is 15.8 Å². The first-order valence-corrected chi connectivity index (χ1v) is 8.00. The number of methoxy groups -OCH3 is 1. The summed E-state index contributed by atoms with van der Waals surface area (Å²) in [6, 6.07) is 14.5. The topological polar surface area (TPSA) is 88.8 Å². The predicted octanol–water partition coefficient (Wildman–Crippen LogP) is 2.64. The average molecular weight is 330 g/mol. The van der Waals surface area contributed by atoms with Crippen molar-refractivity contribution in [3.63, 3.8) is 0 Å². The standard InChI is InChI=1S/C16H14N2O4S/c1-12-6-8-15(9-7-12)23(19,20)22-18-16(11-17)13-4-3-5-14(10-13)21-2/h3-10H,1-2H3. The van der Waals surface area contributed by atoms with Gasteiger partial charge in [-0.25, -0.2) is 0 Å². The highest BCUT2D eigenvalue weighted by atomic mass is 32.2. The van der Waals surface area contributed by atoms with Crippen LogP contribution in [0.4, 0.5) is 0 Å². The van der Waals surface area contributed by atoms with E-state index in [4.69, 9.17) is 10.00 Å². The summed E-state index contributed by atoms with van der Waals surface area (Å²) in [4.78, 5) is -0.0326. The molecule has 2 aromatic rings. The molecule has 118 valence electrons. The fourth-order valence-electron chi connectivity index (χ4n) is 1.74. The van der Waals surface area contributed by atoms with Crippen molar-refractivity contribution in [1.82, 2.24) is 0 Å². The summed E-state index contributed by atoms with van der Waals surface area (Å²) < 4.78 is 33.8. The average Bonchev–Trinajstić information content (AvgIpc) is 2.56. The Bertz CT molecular complexity index is 866. The Hall–Kier alpha value is -2.85. The highest BCUT2D eigenvalue weighted by molar-refractivity contribution is 7.86. The van der Waals surface area contributed by atoms with Crippen molar-refractivity contribution < 1.29 is 17.4 Å². The second-order valence-electron chi connectivity index (χ2n) is 4.63. The lowest BCUT2D eigenvalue weighted by molar-refractivity contribution is 0.339. The SMILES string of the molecule is COc1cccc(C(C#N)=NOS(=O)(=O)c2ccc(C)cc2)c1. The highest BCUT2D eigenvalue weighted by Gasteiger charge is 2.16. The maximum Gasteiger partial charge on any atom is 0.358 e. The lowest BCUT2D eigenvalue weighted by atomic mass is 10.1. The maximum atomic E-state index is 12.1. The van der Waals surface area contributed by atoms with E-state index in [1.54, 1.807) is 36.4 Å². The normalized spacial score (nSPS) is 11.6. The Morgan fingerprint density at radius 2 is 1.87 bits per heavy atom. The molecule has 0 heterocycles. The van der Waals surface area contributed by atoms with Gasteiger partial charge in [0.2, 0.25) is 0 Å². The molecule has 6 nitrogen and oxygen atoms in total. The Morgan fingerprint density at radius 1 is 1.17 bits per heavy atom. The molecule has 23 heavy (non-hydrogen) atoms. The van der Waals surface area contributed by atoms with Crippen LogP contribution < -0.4 is 4.74 Å². The largest absolute Gasteiger partial charge is 0.497 e. The fourth-order valence-corrected chi connectivity index (χ4v) is 2.47. The number of nitrogens with zero attached hydrogens (tertiary/aromatic N) is 2. The van der Waals surface area contributed by atoms with Crippen LogP contribution in [0.2, 0.25) is 0 Å². The molecule has 0 bridgehead atoms. The fraction of sp³-hybridized carbons (Fsp3) is 0.125. The molecule has 0 aliphatic heterocycles. The number of nitriles is 1. The van der Waals surface area contributed by atoms with Crippen molar-refractivity contribution in [1.29, 1.82) is 5.26 Å². The van der Waals surface area contributed by atoms with Gasteiger partial charge in [-0.2, -0.15) is 13.7 Å². The van der Waals surface area contributed by atoms with Gasteiger partial charge in [0.05, 0.1) is 7.11 Å². The quantitative estimate of drug-likeness (QED) is 0.621.